The molecule has 108 valence electrons. The van der Waals surface area contributed by atoms with Crippen molar-refractivity contribution < 1.29 is 33.7 Å². The van der Waals surface area contributed by atoms with Crippen molar-refractivity contribution in [3.63, 3.8) is 0 Å². The van der Waals surface area contributed by atoms with Crippen LogP contribution in [0.4, 0.5) is 5.69 Å². The Balaban J connectivity index is 0.00000147. The number of benzene rings is 1. The lowest BCUT2D eigenvalue weighted by Gasteiger charge is -2.23. The lowest BCUT2D eigenvalue weighted by atomic mass is 10.1. The molecule has 2 N–H and O–H groups in total. The van der Waals surface area contributed by atoms with Gasteiger partial charge >= 0.3 is 0 Å². The van der Waals surface area contributed by atoms with E-state index in [4.69, 9.17) is 9.73 Å². The first-order valence-corrected chi connectivity index (χ1v) is 7.54. The van der Waals surface area contributed by atoms with Crippen molar-refractivity contribution in [2.24, 2.45) is 4.99 Å². The maximum absolute atomic E-state index is 5.93. The molecule has 0 bridgehead atoms. The van der Waals surface area contributed by atoms with Gasteiger partial charge in [0.15, 0.2) is 0 Å². The fraction of sp³-hybridized carbons (Fsp3) is 0.429. The predicted molar refractivity (Wildman–Crippen MR) is 78.9 cm³/mol. The Bertz CT molecular complexity index is 520. The summed E-state index contributed by atoms with van der Waals surface area (Å²) in [6, 6.07) is 10.0. The average molecular weight is 403 g/mol. The van der Waals surface area contributed by atoms with Crippen LogP contribution in [0.5, 0.6) is 0 Å². The minimum Gasteiger partial charge on any atom is -1.00 e. The SMILES string of the molecule is CC1(C2=[NH+]CCCN2)OCSC1=Nc1ccccc1.[I-]. The van der Waals surface area contributed by atoms with Crippen molar-refractivity contribution in [2.75, 3.05) is 19.0 Å². The van der Waals surface area contributed by atoms with Gasteiger partial charge in [0.25, 0.3) is 5.84 Å². The number of amidine groups is 1. The molecule has 0 saturated carbocycles. The summed E-state index contributed by atoms with van der Waals surface area (Å²) in [6.07, 6.45) is 1.14. The molecular weight excluding hydrogens is 385 g/mol. The quantitative estimate of drug-likeness (QED) is 0.545. The van der Waals surface area contributed by atoms with Crippen molar-refractivity contribution in [3.05, 3.63) is 30.3 Å². The molecule has 0 aromatic heterocycles. The van der Waals surface area contributed by atoms with Crippen LogP contribution in [0, 0.1) is 0 Å². The Hall–Kier alpha value is -0.600. The number of para-hydroxylation sites is 1. The number of hydrogen-bond acceptors (Lipinski definition) is 4. The van der Waals surface area contributed by atoms with E-state index < -0.39 is 5.60 Å². The minimum atomic E-state index is -0.457. The zero-order chi connectivity index (χ0) is 13.1. The lowest BCUT2D eigenvalue weighted by molar-refractivity contribution is -0.468. The summed E-state index contributed by atoms with van der Waals surface area (Å²) in [4.78, 5) is 8.14. The summed E-state index contributed by atoms with van der Waals surface area (Å²) < 4.78 is 5.93. The molecule has 6 heteroatoms. The summed E-state index contributed by atoms with van der Waals surface area (Å²) in [5.41, 5.74) is 0.513. The molecule has 2 aliphatic rings. The number of thioether (sulfide) groups is 1. The van der Waals surface area contributed by atoms with Crippen molar-refractivity contribution in [1.29, 1.82) is 0 Å². The highest BCUT2D eigenvalue weighted by Gasteiger charge is 2.47. The molecule has 1 saturated heterocycles. The maximum atomic E-state index is 5.93. The molecule has 1 aromatic carbocycles. The Morgan fingerprint density at radius 1 is 1.35 bits per heavy atom. The monoisotopic (exact) mass is 403 g/mol. The summed E-state index contributed by atoms with van der Waals surface area (Å²) in [7, 11) is 0. The molecule has 3 rings (SSSR count). The molecule has 0 radical (unpaired) electrons. The predicted octanol–water partition coefficient (Wildman–Crippen LogP) is -2.33. The van der Waals surface area contributed by atoms with Crippen molar-refractivity contribution >= 4 is 28.3 Å². The normalized spacial score (nSPS) is 27.6. The number of aliphatic imine (C=N–C) groups is 1. The van der Waals surface area contributed by atoms with Gasteiger partial charge < -0.3 is 28.7 Å². The summed E-state index contributed by atoms with van der Waals surface area (Å²) in [5, 5.41) is 4.41. The fourth-order valence-corrected chi connectivity index (χ4v) is 3.27. The van der Waals surface area contributed by atoms with Gasteiger partial charge in [0.1, 0.15) is 11.0 Å². The first-order valence-electron chi connectivity index (χ1n) is 6.55. The molecule has 1 aromatic rings. The maximum Gasteiger partial charge on any atom is 0.282 e. The second-order valence-corrected chi connectivity index (χ2v) is 5.69. The van der Waals surface area contributed by atoms with Gasteiger partial charge in [0, 0.05) is 6.42 Å². The van der Waals surface area contributed by atoms with Crippen LogP contribution >= 0.6 is 11.8 Å². The van der Waals surface area contributed by atoms with Crippen LogP contribution in [0.3, 0.4) is 0 Å². The fourth-order valence-electron chi connectivity index (χ4n) is 2.26. The Morgan fingerprint density at radius 2 is 2.15 bits per heavy atom. The van der Waals surface area contributed by atoms with Gasteiger partial charge in [-0.15, -0.1) is 0 Å². The molecule has 1 fully saturated rings. The number of hydrogen-bond donors (Lipinski definition) is 2. The van der Waals surface area contributed by atoms with E-state index in [1.165, 1.54) is 0 Å². The topological polar surface area (TPSA) is 47.6 Å². The Labute approximate surface area is 140 Å². The van der Waals surface area contributed by atoms with Gasteiger partial charge in [-0.3, -0.25) is 10.3 Å². The van der Waals surface area contributed by atoms with Crippen LogP contribution in [0.15, 0.2) is 35.3 Å². The third-order valence-corrected chi connectivity index (χ3v) is 4.36. The molecule has 0 aliphatic carbocycles. The third-order valence-electron chi connectivity index (χ3n) is 3.37. The van der Waals surface area contributed by atoms with E-state index in [2.05, 4.69) is 17.2 Å². The molecule has 0 spiro atoms. The van der Waals surface area contributed by atoms with Crippen LogP contribution in [0.25, 0.3) is 0 Å². The Kier molecular flexibility index (Phi) is 5.45. The largest absolute Gasteiger partial charge is 1.00 e. The highest BCUT2D eigenvalue weighted by atomic mass is 127. The molecule has 1 atom stereocenters. The van der Waals surface area contributed by atoms with Gasteiger partial charge in [-0.25, -0.2) is 4.99 Å². The van der Waals surface area contributed by atoms with E-state index in [1.807, 2.05) is 30.3 Å². The van der Waals surface area contributed by atoms with Crippen molar-refractivity contribution in [1.82, 2.24) is 5.32 Å². The summed E-state index contributed by atoms with van der Waals surface area (Å²) >= 11 is 1.66. The van der Waals surface area contributed by atoms with E-state index in [-0.39, 0.29) is 24.0 Å². The van der Waals surface area contributed by atoms with Crippen molar-refractivity contribution in [3.8, 4) is 0 Å². The molecule has 1 unspecified atom stereocenters. The zero-order valence-electron chi connectivity index (χ0n) is 11.4. The highest BCUT2D eigenvalue weighted by Crippen LogP contribution is 2.32. The first kappa shape index (κ1) is 15.8. The first-order chi connectivity index (χ1) is 9.29. The van der Waals surface area contributed by atoms with Gasteiger partial charge in [-0.1, -0.05) is 30.0 Å². The van der Waals surface area contributed by atoms with E-state index >= 15 is 0 Å². The van der Waals surface area contributed by atoms with E-state index in [1.54, 1.807) is 11.8 Å². The number of nitrogens with zero attached hydrogens (tertiary/aromatic N) is 1. The van der Waals surface area contributed by atoms with Crippen LogP contribution in [-0.4, -0.2) is 35.5 Å². The number of rotatable bonds is 2. The summed E-state index contributed by atoms with van der Waals surface area (Å²) in [5.74, 6) is 1.69. The minimum absolute atomic E-state index is 0. The van der Waals surface area contributed by atoms with E-state index in [0.29, 0.717) is 5.94 Å². The number of ether oxygens (including phenoxy) is 1. The van der Waals surface area contributed by atoms with Crippen LogP contribution in [-0.2, 0) is 4.74 Å². The van der Waals surface area contributed by atoms with Gasteiger partial charge in [-0.05, 0) is 19.1 Å². The smallest absolute Gasteiger partial charge is 0.282 e. The van der Waals surface area contributed by atoms with Crippen LogP contribution < -0.4 is 34.3 Å². The molecule has 4 nitrogen and oxygen atoms in total. The van der Waals surface area contributed by atoms with Gasteiger partial charge in [0.05, 0.1) is 18.8 Å². The standard InChI is InChI=1S/C14H17N3OS.HI/c1-14(12-15-8-5-9-16-12)13(19-10-18-14)17-11-6-3-2-4-7-11;/h2-4,6-7H,5,8-10H2,1H3,(H,15,16);1H. The van der Waals surface area contributed by atoms with Crippen LogP contribution in [0.1, 0.15) is 13.3 Å². The lowest BCUT2D eigenvalue weighted by Crippen LogP contribution is -3.00. The Morgan fingerprint density at radius 3 is 2.85 bits per heavy atom. The number of nitrogens with one attached hydrogen (secondary N) is 2. The molecule has 0 amide bonds. The zero-order valence-corrected chi connectivity index (χ0v) is 14.3. The molecular formula is C14H18IN3OS. The van der Waals surface area contributed by atoms with E-state index in [0.717, 1.165) is 36.1 Å². The average Bonchev–Trinajstić information content (AvgIpc) is 2.84. The second kappa shape index (κ2) is 6.91. The molecule has 2 heterocycles. The highest BCUT2D eigenvalue weighted by molar-refractivity contribution is 8.14. The second-order valence-electron chi connectivity index (χ2n) is 4.77. The van der Waals surface area contributed by atoms with Gasteiger partial charge in [-0.2, -0.15) is 0 Å². The van der Waals surface area contributed by atoms with Crippen molar-refractivity contribution in [2.45, 2.75) is 18.9 Å². The molecule has 20 heavy (non-hydrogen) atoms. The van der Waals surface area contributed by atoms with E-state index in [9.17, 15) is 0 Å². The summed E-state index contributed by atoms with van der Waals surface area (Å²) in [6.45, 7) is 4.06. The number of halogens is 1. The molecule has 2 aliphatic heterocycles. The third kappa shape index (κ3) is 3.17. The van der Waals surface area contributed by atoms with Gasteiger partial charge in [0.2, 0.25) is 5.60 Å². The van der Waals surface area contributed by atoms with Crippen LogP contribution in [0.2, 0.25) is 0 Å².